The lowest BCUT2D eigenvalue weighted by molar-refractivity contribution is -0.113. The van der Waals surface area contributed by atoms with E-state index in [9.17, 15) is 4.79 Å². The van der Waals surface area contributed by atoms with Gasteiger partial charge in [0.05, 0.1) is 10.6 Å². The number of thiophene rings is 1. The largest absolute Gasteiger partial charge is 0.454 e. The molecule has 0 fully saturated rings. The lowest BCUT2D eigenvalue weighted by Gasteiger charge is -2.10. The molecule has 4 aromatic rings. The van der Waals surface area contributed by atoms with Gasteiger partial charge in [0.2, 0.25) is 12.7 Å². The SMILES string of the molecule is Cc1ccc(-n2c(SCC(=O)Nc3ccc4c(c3)OCO4)nnc2-c2cccs2)cc1. The minimum atomic E-state index is -0.139. The van der Waals surface area contributed by atoms with Crippen LogP contribution in [-0.2, 0) is 4.79 Å². The number of aromatic nitrogens is 3. The Morgan fingerprint density at radius 2 is 1.97 bits per heavy atom. The number of carbonyl (C=O) groups is 1. The van der Waals surface area contributed by atoms with Crippen LogP contribution >= 0.6 is 23.1 Å². The molecule has 1 N–H and O–H groups in total. The van der Waals surface area contributed by atoms with E-state index in [0.717, 1.165) is 16.4 Å². The first kappa shape index (κ1) is 19.7. The van der Waals surface area contributed by atoms with Crippen LogP contribution in [0.1, 0.15) is 5.56 Å². The molecule has 0 radical (unpaired) electrons. The Morgan fingerprint density at radius 3 is 2.77 bits per heavy atom. The summed E-state index contributed by atoms with van der Waals surface area (Å²) < 4.78 is 12.7. The quantitative estimate of drug-likeness (QED) is 0.427. The minimum Gasteiger partial charge on any atom is -0.454 e. The molecule has 156 valence electrons. The van der Waals surface area contributed by atoms with Gasteiger partial charge in [-0.25, -0.2) is 0 Å². The fraction of sp³-hybridized carbons (Fsp3) is 0.136. The molecule has 2 aromatic carbocycles. The molecular weight excluding hydrogens is 432 g/mol. The number of ether oxygens (including phenoxy) is 2. The van der Waals surface area contributed by atoms with Gasteiger partial charge in [-0.05, 0) is 42.6 Å². The number of rotatable bonds is 6. The second-order valence-corrected chi connectivity index (χ2v) is 8.75. The normalized spacial score (nSPS) is 12.2. The number of aryl methyl sites for hydroxylation is 1. The van der Waals surface area contributed by atoms with Crippen molar-refractivity contribution in [3.05, 3.63) is 65.5 Å². The van der Waals surface area contributed by atoms with E-state index in [1.54, 1.807) is 29.5 Å². The Bertz CT molecular complexity index is 1220. The number of anilines is 1. The molecule has 31 heavy (non-hydrogen) atoms. The molecule has 2 aromatic heterocycles. The average molecular weight is 451 g/mol. The number of hydrogen-bond donors (Lipinski definition) is 1. The second kappa shape index (κ2) is 8.44. The Balaban J connectivity index is 1.35. The zero-order valence-electron chi connectivity index (χ0n) is 16.6. The van der Waals surface area contributed by atoms with Gasteiger partial charge in [-0.3, -0.25) is 9.36 Å². The smallest absolute Gasteiger partial charge is 0.234 e. The predicted octanol–water partition coefficient (Wildman–Crippen LogP) is 4.76. The minimum absolute atomic E-state index is 0.139. The summed E-state index contributed by atoms with van der Waals surface area (Å²) in [5.74, 6) is 2.13. The van der Waals surface area contributed by atoms with E-state index >= 15 is 0 Å². The number of carbonyl (C=O) groups excluding carboxylic acids is 1. The second-order valence-electron chi connectivity index (χ2n) is 6.86. The molecule has 0 bridgehead atoms. The van der Waals surface area contributed by atoms with Crippen molar-refractivity contribution in [1.29, 1.82) is 0 Å². The molecule has 0 spiro atoms. The maximum Gasteiger partial charge on any atom is 0.234 e. The van der Waals surface area contributed by atoms with Crippen LogP contribution in [-0.4, -0.2) is 33.2 Å². The summed E-state index contributed by atoms with van der Waals surface area (Å²) in [4.78, 5) is 13.6. The van der Waals surface area contributed by atoms with Crippen molar-refractivity contribution < 1.29 is 14.3 Å². The molecule has 1 aliphatic rings. The average Bonchev–Trinajstić information content (AvgIpc) is 3.52. The third-order valence-electron chi connectivity index (χ3n) is 4.66. The standard InChI is InChI=1S/C22H18N4O3S2/c1-14-4-7-16(8-5-14)26-21(19-3-2-10-30-19)24-25-22(26)31-12-20(27)23-15-6-9-17-18(11-15)29-13-28-17/h2-11H,12-13H2,1H3,(H,23,27). The molecule has 0 unspecified atom stereocenters. The van der Waals surface area contributed by atoms with Crippen LogP contribution in [0.5, 0.6) is 11.5 Å². The first-order valence-corrected chi connectivity index (χ1v) is 11.4. The number of hydrogen-bond acceptors (Lipinski definition) is 7. The monoisotopic (exact) mass is 450 g/mol. The van der Waals surface area contributed by atoms with Crippen molar-refractivity contribution in [3.63, 3.8) is 0 Å². The van der Waals surface area contributed by atoms with Crippen LogP contribution in [0, 0.1) is 6.92 Å². The highest BCUT2D eigenvalue weighted by Gasteiger charge is 2.19. The molecule has 0 atom stereocenters. The van der Waals surface area contributed by atoms with E-state index in [1.807, 2.05) is 53.3 Å². The van der Waals surface area contributed by atoms with Crippen LogP contribution in [0.15, 0.2) is 65.1 Å². The summed E-state index contributed by atoms with van der Waals surface area (Å²) in [6.07, 6.45) is 0. The lowest BCUT2D eigenvalue weighted by Crippen LogP contribution is -2.14. The fourth-order valence-corrected chi connectivity index (χ4v) is 4.61. The first-order chi connectivity index (χ1) is 15.2. The van der Waals surface area contributed by atoms with Gasteiger partial charge in [-0.15, -0.1) is 21.5 Å². The maximum atomic E-state index is 12.6. The third-order valence-corrected chi connectivity index (χ3v) is 6.45. The van der Waals surface area contributed by atoms with Gasteiger partial charge >= 0.3 is 0 Å². The van der Waals surface area contributed by atoms with Crippen LogP contribution in [0.2, 0.25) is 0 Å². The first-order valence-electron chi connectivity index (χ1n) is 9.56. The Labute approximate surface area is 187 Å². The molecular formula is C22H18N4O3S2. The lowest BCUT2D eigenvalue weighted by atomic mass is 10.2. The van der Waals surface area contributed by atoms with E-state index < -0.39 is 0 Å². The number of nitrogens with one attached hydrogen (secondary N) is 1. The van der Waals surface area contributed by atoms with Crippen LogP contribution < -0.4 is 14.8 Å². The van der Waals surface area contributed by atoms with Gasteiger partial charge in [0.25, 0.3) is 0 Å². The van der Waals surface area contributed by atoms with Crippen LogP contribution in [0.4, 0.5) is 5.69 Å². The van der Waals surface area contributed by atoms with E-state index in [-0.39, 0.29) is 18.5 Å². The molecule has 1 aliphatic heterocycles. The number of nitrogens with zero attached hydrogens (tertiary/aromatic N) is 3. The number of amides is 1. The van der Waals surface area contributed by atoms with E-state index in [1.165, 1.54) is 17.3 Å². The molecule has 0 saturated heterocycles. The molecule has 3 heterocycles. The van der Waals surface area contributed by atoms with E-state index in [4.69, 9.17) is 9.47 Å². The van der Waals surface area contributed by atoms with Crippen molar-refractivity contribution in [1.82, 2.24) is 14.8 Å². The predicted molar refractivity (Wildman–Crippen MR) is 121 cm³/mol. The van der Waals surface area contributed by atoms with Gasteiger partial charge in [-0.2, -0.15) is 0 Å². The summed E-state index contributed by atoms with van der Waals surface area (Å²) in [5, 5.41) is 14.3. The van der Waals surface area contributed by atoms with Gasteiger partial charge in [0.1, 0.15) is 0 Å². The van der Waals surface area contributed by atoms with Crippen molar-refractivity contribution in [2.75, 3.05) is 17.9 Å². The van der Waals surface area contributed by atoms with Crippen molar-refractivity contribution in [2.45, 2.75) is 12.1 Å². The summed E-state index contributed by atoms with van der Waals surface area (Å²) >= 11 is 2.95. The van der Waals surface area contributed by atoms with E-state index in [2.05, 4.69) is 15.5 Å². The summed E-state index contributed by atoms with van der Waals surface area (Å²) in [7, 11) is 0. The zero-order chi connectivity index (χ0) is 21.2. The van der Waals surface area contributed by atoms with Gasteiger partial charge in [-0.1, -0.05) is 35.5 Å². The highest BCUT2D eigenvalue weighted by Crippen LogP contribution is 2.34. The van der Waals surface area contributed by atoms with Crippen molar-refractivity contribution >= 4 is 34.7 Å². The molecule has 0 saturated carbocycles. The topological polar surface area (TPSA) is 78.3 Å². The van der Waals surface area contributed by atoms with E-state index in [0.29, 0.717) is 22.3 Å². The van der Waals surface area contributed by atoms with Gasteiger partial charge < -0.3 is 14.8 Å². The van der Waals surface area contributed by atoms with Crippen molar-refractivity contribution in [2.24, 2.45) is 0 Å². The fourth-order valence-electron chi connectivity index (χ4n) is 3.16. The zero-order valence-corrected chi connectivity index (χ0v) is 18.2. The molecule has 0 aliphatic carbocycles. The van der Waals surface area contributed by atoms with Gasteiger partial charge in [0, 0.05) is 17.4 Å². The highest BCUT2D eigenvalue weighted by molar-refractivity contribution is 7.99. The summed E-state index contributed by atoms with van der Waals surface area (Å²) in [6, 6.07) is 17.5. The summed E-state index contributed by atoms with van der Waals surface area (Å²) in [6.45, 7) is 2.25. The molecule has 1 amide bonds. The third kappa shape index (κ3) is 4.14. The molecule has 9 heteroatoms. The number of benzene rings is 2. The number of fused-ring (bicyclic) bond motifs is 1. The molecule has 5 rings (SSSR count). The van der Waals surface area contributed by atoms with Crippen molar-refractivity contribution in [3.8, 4) is 27.9 Å². The Hall–Kier alpha value is -3.30. The van der Waals surface area contributed by atoms with Gasteiger partial charge in [0.15, 0.2) is 22.5 Å². The summed E-state index contributed by atoms with van der Waals surface area (Å²) in [5.41, 5.74) is 2.79. The maximum absolute atomic E-state index is 12.6. The van der Waals surface area contributed by atoms with Crippen LogP contribution in [0.25, 0.3) is 16.4 Å². The van der Waals surface area contributed by atoms with Crippen LogP contribution in [0.3, 0.4) is 0 Å². The Morgan fingerprint density at radius 1 is 1.13 bits per heavy atom. The number of thioether (sulfide) groups is 1. The Kier molecular flexibility index (Phi) is 5.35. The molecule has 7 nitrogen and oxygen atoms in total. The highest BCUT2D eigenvalue weighted by atomic mass is 32.2.